The zero-order valence-corrected chi connectivity index (χ0v) is 37.0. The van der Waals surface area contributed by atoms with Gasteiger partial charge in [0.15, 0.2) is 0 Å². The fourth-order valence-corrected chi connectivity index (χ4v) is 8.92. The third kappa shape index (κ3) is 12.2. The molecule has 0 aliphatic carbocycles. The molecule has 8 rings (SSSR count). The highest BCUT2D eigenvalue weighted by atomic mass is 31.2. The fourth-order valence-electron chi connectivity index (χ4n) is 5.90. The number of hydrogen-bond donors (Lipinski definition) is 0. The topological polar surface area (TPSA) is 83.1 Å². The van der Waals surface area contributed by atoms with Crippen molar-refractivity contribution in [3.8, 4) is 62.9 Å². The molecule has 0 radical (unpaired) electrons. The molecule has 8 aromatic rings. The van der Waals surface area contributed by atoms with E-state index in [9.17, 15) is 0 Å². The average molecular weight is 903 g/mol. The summed E-state index contributed by atoms with van der Waals surface area (Å²) in [6.07, 6.45) is 3.42. The second-order valence-corrected chi connectivity index (χ2v) is 16.4. The number of rotatable bonds is 21. The first-order chi connectivity index (χ1) is 31.6. The number of para-hydroxylation sites is 6. The number of benzene rings is 8. The molecule has 0 aromatic heterocycles. The van der Waals surface area contributed by atoms with Crippen LogP contribution in [0, 0.1) is 0 Å². The van der Waals surface area contributed by atoms with E-state index in [-0.39, 0.29) is 0 Å². The maximum atomic E-state index is 6.90. The predicted octanol–water partition coefficient (Wildman–Crippen LogP) is 15.9. The number of hydrogen-bond acceptors (Lipinski definition) is 9. The molecule has 0 atom stereocenters. The Morgan fingerprint density at radius 2 is 0.547 bits per heavy atom. The molecule has 0 heterocycles. The second kappa shape index (κ2) is 22.2. The summed E-state index contributed by atoms with van der Waals surface area (Å²) in [7, 11) is -6.49. The normalized spacial score (nSPS) is 10.7. The third-order valence-corrected chi connectivity index (χ3v) is 12.1. The van der Waals surface area contributed by atoms with Gasteiger partial charge in [-0.3, -0.25) is 0 Å². The first-order valence-electron chi connectivity index (χ1n) is 20.0. The molecule has 0 fully saturated rings. The molecule has 0 saturated heterocycles. The third-order valence-electron chi connectivity index (χ3n) is 8.89. The molecule has 0 saturated carbocycles. The Bertz CT molecular complexity index is 2460. The van der Waals surface area contributed by atoms with Crippen LogP contribution in [0.25, 0.3) is 23.3 Å². The molecular formula is C52H41O9P3. The zero-order chi connectivity index (χ0) is 43.8. The van der Waals surface area contributed by atoms with Gasteiger partial charge >= 0.3 is 25.8 Å². The van der Waals surface area contributed by atoms with Crippen LogP contribution in [0.1, 0.15) is 11.1 Å². The molecule has 0 N–H and O–H groups in total. The quantitative estimate of drug-likeness (QED) is 0.0655. The lowest BCUT2D eigenvalue weighted by atomic mass is 9.99. The van der Waals surface area contributed by atoms with Crippen LogP contribution in [0.4, 0.5) is 0 Å². The molecule has 0 unspecified atom stereocenters. The molecule has 9 nitrogen and oxygen atoms in total. The summed E-state index contributed by atoms with van der Waals surface area (Å²) in [6.45, 7) is 8.16. The van der Waals surface area contributed by atoms with Gasteiger partial charge in [0, 0.05) is 5.56 Å². The van der Waals surface area contributed by atoms with Gasteiger partial charge in [0.05, 0.1) is 5.56 Å². The molecule has 0 bridgehead atoms. The van der Waals surface area contributed by atoms with E-state index in [1.54, 1.807) is 12.2 Å². The van der Waals surface area contributed by atoms with Crippen LogP contribution >= 0.6 is 25.8 Å². The van der Waals surface area contributed by atoms with Crippen LogP contribution in [0.2, 0.25) is 0 Å². The van der Waals surface area contributed by atoms with Crippen LogP contribution in [-0.4, -0.2) is 0 Å². The van der Waals surface area contributed by atoms with E-state index in [1.165, 1.54) is 0 Å². The van der Waals surface area contributed by atoms with Gasteiger partial charge in [0.1, 0.15) is 51.7 Å². The lowest BCUT2D eigenvalue weighted by Crippen LogP contribution is -2.07. The minimum Gasteiger partial charge on any atom is -0.409 e. The minimum absolute atomic E-state index is 0.313. The summed E-state index contributed by atoms with van der Waals surface area (Å²) in [6, 6.07) is 65.3. The molecule has 0 aliphatic rings. The molecule has 8 aromatic carbocycles. The first-order valence-corrected chi connectivity index (χ1v) is 23.3. The summed E-state index contributed by atoms with van der Waals surface area (Å²) in [4.78, 5) is 0. The fraction of sp³-hybridized carbons (Fsp3) is 0. The van der Waals surface area contributed by atoms with Crippen LogP contribution in [0.3, 0.4) is 0 Å². The van der Waals surface area contributed by atoms with Gasteiger partial charge < -0.3 is 40.7 Å². The molecular weight excluding hydrogens is 861 g/mol. The minimum atomic E-state index is -2.18. The lowest BCUT2D eigenvalue weighted by Gasteiger charge is -2.25. The Hall–Kier alpha value is -7.27. The maximum Gasteiger partial charge on any atom is 0.530 e. The summed E-state index contributed by atoms with van der Waals surface area (Å²) in [5.74, 6) is 4.27. The van der Waals surface area contributed by atoms with Gasteiger partial charge in [0.2, 0.25) is 0 Å². The van der Waals surface area contributed by atoms with Crippen molar-refractivity contribution < 1.29 is 40.7 Å². The Morgan fingerprint density at radius 3 is 0.828 bits per heavy atom. The van der Waals surface area contributed by atoms with Crippen molar-refractivity contribution in [3.05, 3.63) is 237 Å². The smallest absolute Gasteiger partial charge is 0.409 e. The van der Waals surface area contributed by atoms with Crippen LogP contribution < -0.4 is 40.7 Å². The van der Waals surface area contributed by atoms with E-state index in [0.717, 1.165) is 5.56 Å². The summed E-state index contributed by atoms with van der Waals surface area (Å²) in [5, 5.41) is 0. The van der Waals surface area contributed by atoms with E-state index < -0.39 is 25.8 Å². The van der Waals surface area contributed by atoms with Crippen molar-refractivity contribution >= 4 is 38.0 Å². The Kier molecular flexibility index (Phi) is 15.0. The van der Waals surface area contributed by atoms with Gasteiger partial charge in [0.25, 0.3) is 0 Å². The van der Waals surface area contributed by atoms with Crippen molar-refractivity contribution in [2.75, 3.05) is 0 Å². The maximum absolute atomic E-state index is 6.90. The van der Waals surface area contributed by atoms with Gasteiger partial charge in [-0.1, -0.05) is 141 Å². The van der Waals surface area contributed by atoms with Crippen molar-refractivity contribution in [1.82, 2.24) is 0 Å². The molecule has 318 valence electrons. The van der Waals surface area contributed by atoms with Crippen LogP contribution in [-0.2, 0) is 0 Å². The Balaban J connectivity index is 1.29. The standard InChI is InChI=1S/C52H41O9P3/c1-3-40-35-36-48(49(37-40)59-62(53-42-23-11-5-12-24-42)54-43-25-13-6-14-26-43)52-50(60-63(55-44-27-15-7-16-28-44)56-45-29-17-8-18-30-45)38-41(4-2)39-51(52)61-64(57-46-31-19-9-20-32-46)58-47-33-21-10-22-34-47/h3-39H,1-2H2. The Labute approximate surface area is 376 Å². The second-order valence-electron chi connectivity index (χ2n) is 13.4. The SMILES string of the molecule is C=Cc1ccc(-c2c(OP(Oc3ccccc3)Oc3ccccc3)cc(C=C)cc2OP(Oc2ccccc2)Oc2ccccc2)c(OP(Oc2ccccc2)Oc2ccccc2)c1. The van der Waals surface area contributed by atoms with E-state index in [4.69, 9.17) is 40.7 Å². The summed E-state index contributed by atoms with van der Waals surface area (Å²) in [5.41, 5.74) is 2.41. The van der Waals surface area contributed by atoms with Crippen molar-refractivity contribution in [1.29, 1.82) is 0 Å². The monoisotopic (exact) mass is 902 g/mol. The average Bonchev–Trinajstić information content (AvgIpc) is 3.33. The van der Waals surface area contributed by atoms with Crippen molar-refractivity contribution in [2.24, 2.45) is 0 Å². The highest BCUT2D eigenvalue weighted by Gasteiger charge is 2.31. The van der Waals surface area contributed by atoms with Crippen LogP contribution in [0.5, 0.6) is 51.7 Å². The summed E-state index contributed by atoms with van der Waals surface area (Å²) < 4.78 is 59.3. The highest BCUT2D eigenvalue weighted by molar-refractivity contribution is 7.43. The van der Waals surface area contributed by atoms with Crippen LogP contribution in [0.15, 0.2) is 225 Å². The largest absolute Gasteiger partial charge is 0.530 e. The highest BCUT2D eigenvalue weighted by Crippen LogP contribution is 2.55. The van der Waals surface area contributed by atoms with Crippen molar-refractivity contribution in [2.45, 2.75) is 0 Å². The predicted molar refractivity (Wildman–Crippen MR) is 257 cm³/mol. The van der Waals surface area contributed by atoms with Gasteiger partial charge in [-0.2, -0.15) is 0 Å². The van der Waals surface area contributed by atoms with Gasteiger partial charge in [-0.15, -0.1) is 0 Å². The lowest BCUT2D eigenvalue weighted by molar-refractivity contribution is 0.380. The van der Waals surface area contributed by atoms with E-state index >= 15 is 0 Å². The molecule has 0 amide bonds. The van der Waals surface area contributed by atoms with Gasteiger partial charge in [-0.25, -0.2) is 0 Å². The molecule has 0 aliphatic heterocycles. The Morgan fingerprint density at radius 1 is 0.281 bits per heavy atom. The molecule has 12 heteroatoms. The molecule has 64 heavy (non-hydrogen) atoms. The van der Waals surface area contributed by atoms with E-state index in [1.807, 2.05) is 212 Å². The van der Waals surface area contributed by atoms with E-state index in [2.05, 4.69) is 13.2 Å². The van der Waals surface area contributed by atoms with E-state index in [0.29, 0.717) is 68.4 Å². The zero-order valence-electron chi connectivity index (χ0n) is 34.3. The van der Waals surface area contributed by atoms with Crippen molar-refractivity contribution in [3.63, 3.8) is 0 Å². The first kappa shape index (κ1) is 43.4. The summed E-state index contributed by atoms with van der Waals surface area (Å²) >= 11 is 0. The molecule has 0 spiro atoms. The van der Waals surface area contributed by atoms with Gasteiger partial charge in [-0.05, 0) is 108 Å².